The second kappa shape index (κ2) is 9.38. The van der Waals surface area contributed by atoms with Gasteiger partial charge in [0, 0.05) is 18.1 Å². The van der Waals surface area contributed by atoms with E-state index in [4.69, 9.17) is 19.9 Å². The Kier molecular flexibility index (Phi) is 7.74. The molecule has 1 aliphatic heterocycles. The fourth-order valence-electron chi connectivity index (χ4n) is 4.01. The lowest BCUT2D eigenvalue weighted by atomic mass is 9.94. The second-order valence-electron chi connectivity index (χ2n) is 8.96. The molecule has 1 amide bonds. The Hall–Kier alpha value is -0.850. The number of carbonyl (C=O) groups is 1. The summed E-state index contributed by atoms with van der Waals surface area (Å²) in [6.07, 6.45) is 6.19. The molecule has 0 aromatic heterocycles. The largest absolute Gasteiger partial charge is 0.444 e. The Bertz CT molecular complexity index is 432. The molecule has 1 saturated carbocycles. The molecular weight excluding hydrogens is 332 g/mol. The number of likely N-dealkylation sites (tertiary alicyclic amines) is 1. The topological polar surface area (TPSA) is 74.0 Å². The molecule has 2 unspecified atom stereocenters. The van der Waals surface area contributed by atoms with Crippen molar-refractivity contribution in [1.29, 1.82) is 0 Å². The van der Waals surface area contributed by atoms with Crippen molar-refractivity contribution < 1.29 is 19.0 Å². The van der Waals surface area contributed by atoms with Crippen LogP contribution in [-0.4, -0.2) is 60.1 Å². The normalized spacial score (nSPS) is 33.2. The van der Waals surface area contributed by atoms with Crippen LogP contribution in [-0.2, 0) is 14.2 Å². The maximum Gasteiger partial charge on any atom is 0.410 e. The van der Waals surface area contributed by atoms with Gasteiger partial charge in [-0.25, -0.2) is 4.79 Å². The third kappa shape index (κ3) is 6.71. The monoisotopic (exact) mass is 370 g/mol. The van der Waals surface area contributed by atoms with Crippen LogP contribution >= 0.6 is 0 Å². The molecule has 26 heavy (non-hydrogen) atoms. The average molecular weight is 371 g/mol. The van der Waals surface area contributed by atoms with E-state index >= 15 is 0 Å². The van der Waals surface area contributed by atoms with Crippen LogP contribution in [0.1, 0.15) is 73.1 Å². The third-order valence-electron chi connectivity index (χ3n) is 5.27. The van der Waals surface area contributed by atoms with Crippen LogP contribution in [0.4, 0.5) is 4.79 Å². The first-order valence-corrected chi connectivity index (χ1v) is 10.2. The number of amides is 1. The van der Waals surface area contributed by atoms with E-state index in [1.807, 2.05) is 25.7 Å². The smallest absolute Gasteiger partial charge is 0.410 e. The molecule has 6 nitrogen and oxygen atoms in total. The first-order valence-electron chi connectivity index (χ1n) is 10.2. The number of ether oxygens (including phenoxy) is 3. The molecule has 152 valence electrons. The van der Waals surface area contributed by atoms with Crippen LogP contribution in [0.2, 0.25) is 0 Å². The molecule has 2 rings (SSSR count). The average Bonchev–Trinajstić information content (AvgIpc) is 2.51. The zero-order valence-corrected chi connectivity index (χ0v) is 17.2. The minimum Gasteiger partial charge on any atom is -0.444 e. The van der Waals surface area contributed by atoms with E-state index in [0.29, 0.717) is 25.4 Å². The van der Waals surface area contributed by atoms with Gasteiger partial charge in [-0.3, -0.25) is 0 Å². The Morgan fingerprint density at radius 3 is 1.96 bits per heavy atom. The van der Waals surface area contributed by atoms with Crippen molar-refractivity contribution in [3.63, 3.8) is 0 Å². The Morgan fingerprint density at radius 1 is 0.962 bits per heavy atom. The predicted molar refractivity (Wildman–Crippen MR) is 102 cm³/mol. The Balaban J connectivity index is 1.69. The van der Waals surface area contributed by atoms with Gasteiger partial charge in [-0.05, 0) is 73.1 Å². The molecule has 0 radical (unpaired) electrons. The lowest BCUT2D eigenvalue weighted by Gasteiger charge is -2.42. The molecule has 1 heterocycles. The van der Waals surface area contributed by atoms with Crippen LogP contribution in [0.3, 0.4) is 0 Å². The van der Waals surface area contributed by atoms with Crippen molar-refractivity contribution in [2.75, 3.05) is 13.2 Å². The lowest BCUT2D eigenvalue weighted by molar-refractivity contribution is -0.0690. The van der Waals surface area contributed by atoms with E-state index in [-0.39, 0.29) is 24.3 Å². The highest BCUT2D eigenvalue weighted by atomic mass is 16.6. The SMILES string of the molecule is CC1CC(OCCOC2CCC(N)CC2)CC(C)N1C(=O)OC(C)(C)C. The summed E-state index contributed by atoms with van der Waals surface area (Å²) in [7, 11) is 0. The minimum absolute atomic E-state index is 0.111. The van der Waals surface area contributed by atoms with Gasteiger partial charge in [0.2, 0.25) is 0 Å². The standard InChI is InChI=1S/C20H38N2O4/c1-14-12-18(13-15(2)22(14)19(23)26-20(3,4)5)25-11-10-24-17-8-6-16(21)7-9-17/h14-18H,6-13,21H2,1-5H3. The first kappa shape index (κ1) is 21.5. The lowest BCUT2D eigenvalue weighted by Crippen LogP contribution is -2.53. The number of nitrogens with zero attached hydrogens (tertiary/aromatic N) is 1. The highest BCUT2D eigenvalue weighted by Crippen LogP contribution is 2.27. The molecule has 2 atom stereocenters. The molecule has 6 heteroatoms. The van der Waals surface area contributed by atoms with Gasteiger partial charge in [0.1, 0.15) is 5.60 Å². The molecule has 2 fully saturated rings. The van der Waals surface area contributed by atoms with Gasteiger partial charge >= 0.3 is 6.09 Å². The van der Waals surface area contributed by atoms with Crippen molar-refractivity contribution in [2.45, 2.75) is 109 Å². The number of rotatable bonds is 5. The molecule has 2 aliphatic rings. The maximum absolute atomic E-state index is 12.4. The number of nitrogens with two attached hydrogens (primary N) is 1. The second-order valence-corrected chi connectivity index (χ2v) is 8.96. The summed E-state index contributed by atoms with van der Waals surface area (Å²) in [5.41, 5.74) is 5.46. The Morgan fingerprint density at radius 2 is 1.46 bits per heavy atom. The quantitative estimate of drug-likeness (QED) is 0.750. The van der Waals surface area contributed by atoms with Crippen LogP contribution in [0.15, 0.2) is 0 Å². The number of piperidine rings is 1. The number of hydrogen-bond donors (Lipinski definition) is 1. The van der Waals surface area contributed by atoms with Gasteiger partial charge in [-0.2, -0.15) is 0 Å². The summed E-state index contributed by atoms with van der Waals surface area (Å²) >= 11 is 0. The van der Waals surface area contributed by atoms with Gasteiger partial charge < -0.3 is 24.8 Å². The van der Waals surface area contributed by atoms with Gasteiger partial charge in [0.15, 0.2) is 0 Å². The van der Waals surface area contributed by atoms with E-state index in [1.54, 1.807) is 0 Å². The van der Waals surface area contributed by atoms with Crippen molar-refractivity contribution in [2.24, 2.45) is 5.73 Å². The summed E-state index contributed by atoms with van der Waals surface area (Å²) in [5, 5.41) is 0. The summed E-state index contributed by atoms with van der Waals surface area (Å²) in [4.78, 5) is 14.3. The van der Waals surface area contributed by atoms with E-state index in [2.05, 4.69) is 13.8 Å². The molecule has 0 aromatic carbocycles. The van der Waals surface area contributed by atoms with Crippen LogP contribution in [0.25, 0.3) is 0 Å². The highest BCUT2D eigenvalue weighted by Gasteiger charge is 2.36. The van der Waals surface area contributed by atoms with Crippen LogP contribution < -0.4 is 5.73 Å². The van der Waals surface area contributed by atoms with Crippen LogP contribution in [0, 0.1) is 0 Å². The van der Waals surface area contributed by atoms with Gasteiger partial charge in [-0.15, -0.1) is 0 Å². The molecular formula is C20H38N2O4. The molecule has 1 saturated heterocycles. The number of carbonyl (C=O) groups excluding carboxylic acids is 1. The fraction of sp³-hybridized carbons (Fsp3) is 0.950. The summed E-state index contributed by atoms with van der Waals surface area (Å²) in [5.74, 6) is 0. The zero-order valence-electron chi connectivity index (χ0n) is 17.2. The number of hydrogen-bond acceptors (Lipinski definition) is 5. The summed E-state index contributed by atoms with van der Waals surface area (Å²) < 4.78 is 17.5. The third-order valence-corrected chi connectivity index (χ3v) is 5.27. The van der Waals surface area contributed by atoms with Crippen molar-refractivity contribution in [1.82, 2.24) is 4.90 Å². The van der Waals surface area contributed by atoms with Crippen molar-refractivity contribution in [3.05, 3.63) is 0 Å². The van der Waals surface area contributed by atoms with E-state index in [1.165, 1.54) is 0 Å². The molecule has 0 aromatic rings. The molecule has 2 N–H and O–H groups in total. The van der Waals surface area contributed by atoms with Crippen LogP contribution in [0.5, 0.6) is 0 Å². The van der Waals surface area contributed by atoms with Crippen molar-refractivity contribution in [3.8, 4) is 0 Å². The predicted octanol–water partition coefficient (Wildman–Crippen LogP) is 3.47. The molecule has 1 aliphatic carbocycles. The van der Waals surface area contributed by atoms with Gasteiger partial charge in [0.25, 0.3) is 0 Å². The summed E-state index contributed by atoms with van der Waals surface area (Å²) in [6, 6.07) is 0.572. The Labute approximate surface area is 158 Å². The zero-order chi connectivity index (χ0) is 19.3. The van der Waals surface area contributed by atoms with E-state index < -0.39 is 5.60 Å². The minimum atomic E-state index is -0.468. The maximum atomic E-state index is 12.4. The van der Waals surface area contributed by atoms with Gasteiger partial charge in [-0.1, -0.05) is 0 Å². The van der Waals surface area contributed by atoms with Gasteiger partial charge in [0.05, 0.1) is 25.4 Å². The van der Waals surface area contributed by atoms with E-state index in [0.717, 1.165) is 38.5 Å². The van der Waals surface area contributed by atoms with E-state index in [9.17, 15) is 4.79 Å². The first-order chi connectivity index (χ1) is 12.2. The summed E-state index contributed by atoms with van der Waals surface area (Å²) in [6.45, 7) is 11.1. The highest BCUT2D eigenvalue weighted by molar-refractivity contribution is 5.69. The molecule has 0 spiro atoms. The molecule has 0 bridgehead atoms. The fourth-order valence-corrected chi connectivity index (χ4v) is 4.01. The van der Waals surface area contributed by atoms with Crippen molar-refractivity contribution >= 4 is 6.09 Å².